The molecule has 1 aromatic heterocycles. The second kappa shape index (κ2) is 5.85. The highest BCUT2D eigenvalue weighted by molar-refractivity contribution is 4.97. The molecule has 1 aliphatic carbocycles. The number of nitrogens with one attached hydrogen (secondary N) is 2. The molecule has 2 atom stereocenters. The summed E-state index contributed by atoms with van der Waals surface area (Å²) in [6, 6.07) is 0. The van der Waals surface area contributed by atoms with Crippen molar-refractivity contribution in [3.8, 4) is 0 Å². The second-order valence-corrected chi connectivity index (χ2v) is 6.00. The molecule has 0 aromatic carbocycles. The van der Waals surface area contributed by atoms with Crippen molar-refractivity contribution in [2.45, 2.75) is 44.7 Å². The maximum absolute atomic E-state index is 4.05. The average Bonchev–Trinajstić information content (AvgIpc) is 2.82. The zero-order chi connectivity index (χ0) is 13.0. The van der Waals surface area contributed by atoms with Crippen molar-refractivity contribution in [2.24, 2.45) is 5.92 Å². The predicted molar refractivity (Wildman–Crippen MR) is 74.3 cm³/mol. The molecule has 0 spiro atoms. The summed E-state index contributed by atoms with van der Waals surface area (Å²) in [6.07, 6.45) is 8.97. The van der Waals surface area contributed by atoms with Gasteiger partial charge in [0, 0.05) is 30.5 Å². The largest absolute Gasteiger partial charge is 0.347 e. The molecule has 1 aliphatic rings. The van der Waals surface area contributed by atoms with E-state index in [4.69, 9.17) is 0 Å². The van der Waals surface area contributed by atoms with E-state index in [0.29, 0.717) is 5.54 Å². The van der Waals surface area contributed by atoms with E-state index in [0.717, 1.165) is 24.7 Å². The van der Waals surface area contributed by atoms with Crippen LogP contribution in [0.5, 0.6) is 0 Å². The molecule has 1 fully saturated rings. The normalized spacial score (nSPS) is 28.8. The summed E-state index contributed by atoms with van der Waals surface area (Å²) in [7, 11) is 4.44. The average molecular weight is 250 g/mol. The van der Waals surface area contributed by atoms with Crippen LogP contribution < -0.4 is 5.32 Å². The molecule has 1 heterocycles. The van der Waals surface area contributed by atoms with Crippen LogP contribution in [0.1, 0.15) is 38.3 Å². The summed E-state index contributed by atoms with van der Waals surface area (Å²) in [5, 5.41) is 3.59. The van der Waals surface area contributed by atoms with Gasteiger partial charge in [-0.15, -0.1) is 0 Å². The minimum atomic E-state index is 0.331. The van der Waals surface area contributed by atoms with Gasteiger partial charge in [0.05, 0.1) is 6.33 Å². The Morgan fingerprint density at radius 1 is 1.56 bits per heavy atom. The van der Waals surface area contributed by atoms with Crippen molar-refractivity contribution in [1.29, 1.82) is 0 Å². The Kier molecular flexibility index (Phi) is 4.40. The van der Waals surface area contributed by atoms with Crippen LogP contribution in [0.2, 0.25) is 0 Å². The van der Waals surface area contributed by atoms with E-state index in [1.54, 1.807) is 6.33 Å². The molecule has 4 heteroatoms. The van der Waals surface area contributed by atoms with Gasteiger partial charge in [-0.05, 0) is 32.9 Å². The number of hydrogen-bond donors (Lipinski definition) is 2. The van der Waals surface area contributed by atoms with Gasteiger partial charge in [-0.25, -0.2) is 4.98 Å². The molecule has 0 radical (unpaired) electrons. The Balaban J connectivity index is 1.89. The van der Waals surface area contributed by atoms with Gasteiger partial charge in [0.25, 0.3) is 0 Å². The van der Waals surface area contributed by atoms with Crippen LogP contribution in [0.3, 0.4) is 0 Å². The van der Waals surface area contributed by atoms with Gasteiger partial charge in [-0.2, -0.15) is 0 Å². The summed E-state index contributed by atoms with van der Waals surface area (Å²) in [5.74, 6) is 0.843. The van der Waals surface area contributed by atoms with E-state index in [1.807, 2.05) is 6.20 Å². The number of nitrogens with zero attached hydrogens (tertiary/aromatic N) is 2. The number of rotatable bonds is 5. The molecule has 0 bridgehead atoms. The predicted octanol–water partition coefficient (Wildman–Crippen LogP) is 2.01. The van der Waals surface area contributed by atoms with E-state index >= 15 is 0 Å². The summed E-state index contributed by atoms with van der Waals surface area (Å²) < 4.78 is 0. The minimum Gasteiger partial charge on any atom is -0.347 e. The van der Waals surface area contributed by atoms with E-state index in [1.165, 1.54) is 25.7 Å². The third-order valence-corrected chi connectivity index (χ3v) is 4.34. The molecule has 4 nitrogen and oxygen atoms in total. The highest BCUT2D eigenvalue weighted by Crippen LogP contribution is 2.35. The summed E-state index contributed by atoms with van der Waals surface area (Å²) in [5.41, 5.74) is 1.49. The first-order chi connectivity index (χ1) is 8.62. The van der Waals surface area contributed by atoms with Gasteiger partial charge in [0.1, 0.15) is 0 Å². The first-order valence-corrected chi connectivity index (χ1v) is 6.98. The molecule has 2 N–H and O–H groups in total. The van der Waals surface area contributed by atoms with Gasteiger partial charge in [-0.3, -0.25) is 0 Å². The third kappa shape index (κ3) is 3.12. The smallest absolute Gasteiger partial charge is 0.0922 e. The lowest BCUT2D eigenvalue weighted by Gasteiger charge is -2.45. The summed E-state index contributed by atoms with van der Waals surface area (Å²) in [6.45, 7) is 4.32. The molecule has 102 valence electrons. The number of aromatic amines is 1. The highest BCUT2D eigenvalue weighted by Gasteiger charge is 2.36. The van der Waals surface area contributed by atoms with Crippen LogP contribution in [-0.4, -0.2) is 41.0 Å². The van der Waals surface area contributed by atoms with Crippen molar-refractivity contribution in [3.05, 3.63) is 18.2 Å². The fraction of sp³-hybridized carbons (Fsp3) is 0.786. The van der Waals surface area contributed by atoms with Crippen LogP contribution in [0.15, 0.2) is 12.5 Å². The topological polar surface area (TPSA) is 44.0 Å². The molecular formula is C14H26N4. The van der Waals surface area contributed by atoms with Crippen LogP contribution in [0.25, 0.3) is 0 Å². The standard InChI is InChI=1S/C14H26N4/c1-12-5-4-6-14(7-12,18(2)3)10-15-8-13-9-16-11-17-13/h9,11-12,15H,4-8,10H2,1-3H3,(H,16,17). The lowest BCUT2D eigenvalue weighted by atomic mass is 9.75. The van der Waals surface area contributed by atoms with Crippen molar-refractivity contribution in [1.82, 2.24) is 20.2 Å². The number of likely N-dealkylation sites (N-methyl/N-ethyl adjacent to an activating group) is 1. The Morgan fingerprint density at radius 2 is 2.39 bits per heavy atom. The number of aromatic nitrogens is 2. The van der Waals surface area contributed by atoms with Gasteiger partial charge >= 0.3 is 0 Å². The maximum atomic E-state index is 4.05. The lowest BCUT2D eigenvalue weighted by molar-refractivity contribution is 0.0749. The van der Waals surface area contributed by atoms with E-state index in [-0.39, 0.29) is 0 Å². The van der Waals surface area contributed by atoms with Crippen molar-refractivity contribution >= 4 is 0 Å². The number of hydrogen-bond acceptors (Lipinski definition) is 3. The second-order valence-electron chi connectivity index (χ2n) is 6.00. The SMILES string of the molecule is CC1CCCC(CNCc2cnc[nH]2)(N(C)C)C1. The van der Waals surface area contributed by atoms with Crippen LogP contribution in [0, 0.1) is 5.92 Å². The van der Waals surface area contributed by atoms with Gasteiger partial charge < -0.3 is 15.2 Å². The fourth-order valence-corrected chi connectivity index (χ4v) is 3.17. The molecule has 0 amide bonds. The van der Waals surface area contributed by atoms with Crippen molar-refractivity contribution < 1.29 is 0 Å². The first kappa shape index (κ1) is 13.6. The van der Waals surface area contributed by atoms with Crippen LogP contribution in [-0.2, 0) is 6.54 Å². The quantitative estimate of drug-likeness (QED) is 0.840. The van der Waals surface area contributed by atoms with E-state index < -0.39 is 0 Å². The molecule has 18 heavy (non-hydrogen) atoms. The summed E-state index contributed by atoms with van der Waals surface area (Å²) >= 11 is 0. The molecule has 0 saturated heterocycles. The zero-order valence-corrected chi connectivity index (χ0v) is 11.9. The molecule has 1 aromatic rings. The highest BCUT2D eigenvalue weighted by atomic mass is 15.2. The van der Waals surface area contributed by atoms with Crippen molar-refractivity contribution in [2.75, 3.05) is 20.6 Å². The number of H-pyrrole nitrogens is 1. The van der Waals surface area contributed by atoms with Crippen LogP contribution in [0.4, 0.5) is 0 Å². The number of imidazole rings is 1. The molecule has 1 saturated carbocycles. The Morgan fingerprint density at radius 3 is 3.00 bits per heavy atom. The fourth-order valence-electron chi connectivity index (χ4n) is 3.17. The third-order valence-electron chi connectivity index (χ3n) is 4.34. The maximum Gasteiger partial charge on any atom is 0.0922 e. The van der Waals surface area contributed by atoms with Crippen LogP contribution >= 0.6 is 0 Å². The zero-order valence-electron chi connectivity index (χ0n) is 11.9. The first-order valence-electron chi connectivity index (χ1n) is 6.98. The van der Waals surface area contributed by atoms with E-state index in [9.17, 15) is 0 Å². The Bertz CT molecular complexity index is 347. The Hall–Kier alpha value is -0.870. The van der Waals surface area contributed by atoms with E-state index in [2.05, 4.69) is 41.2 Å². The Labute approximate surface area is 110 Å². The molecule has 2 unspecified atom stereocenters. The minimum absolute atomic E-state index is 0.331. The lowest BCUT2D eigenvalue weighted by Crippen LogP contribution is -2.54. The monoisotopic (exact) mass is 250 g/mol. The molecular weight excluding hydrogens is 224 g/mol. The molecule has 2 rings (SSSR count). The summed E-state index contributed by atoms with van der Waals surface area (Å²) in [4.78, 5) is 9.60. The van der Waals surface area contributed by atoms with Crippen molar-refractivity contribution in [3.63, 3.8) is 0 Å². The molecule has 0 aliphatic heterocycles. The van der Waals surface area contributed by atoms with Gasteiger partial charge in [0.2, 0.25) is 0 Å². The van der Waals surface area contributed by atoms with Gasteiger partial charge in [0.15, 0.2) is 0 Å². The van der Waals surface area contributed by atoms with Gasteiger partial charge in [-0.1, -0.05) is 19.8 Å².